The highest BCUT2D eigenvalue weighted by atomic mass is 19.4. The van der Waals surface area contributed by atoms with Crippen LogP contribution in [0, 0.1) is 0 Å². The van der Waals surface area contributed by atoms with Crippen LogP contribution in [0.2, 0.25) is 0 Å². The third kappa shape index (κ3) is 5.34. The maximum Gasteiger partial charge on any atom is 0.430 e. The Kier molecular flexibility index (Phi) is 7.76. The fourth-order valence-electron chi connectivity index (χ4n) is 4.09. The molecule has 5 nitrogen and oxygen atoms in total. The molecule has 0 aromatic carbocycles. The van der Waals surface area contributed by atoms with Gasteiger partial charge in [0, 0.05) is 26.2 Å². The van der Waals surface area contributed by atoms with Crippen LogP contribution in [0.4, 0.5) is 13.2 Å². The van der Waals surface area contributed by atoms with Crippen molar-refractivity contribution >= 4 is 5.91 Å². The summed E-state index contributed by atoms with van der Waals surface area (Å²) >= 11 is 0. The van der Waals surface area contributed by atoms with Gasteiger partial charge in [0.25, 0.3) is 11.5 Å². The van der Waals surface area contributed by atoms with Crippen LogP contribution in [0.1, 0.15) is 39.0 Å². The summed E-state index contributed by atoms with van der Waals surface area (Å²) in [6.45, 7) is 4.73. The van der Waals surface area contributed by atoms with Crippen LogP contribution in [-0.4, -0.2) is 68.6 Å². The Morgan fingerprint density at radius 1 is 1.23 bits per heavy atom. The number of hydrogen-bond acceptors (Lipinski definition) is 4. The number of nitrogens with one attached hydrogen (secondary N) is 1. The molecule has 1 N–H and O–H groups in total. The second-order valence-corrected chi connectivity index (χ2v) is 8.01. The molecule has 0 radical (unpaired) electrons. The molecule has 0 bridgehead atoms. The van der Waals surface area contributed by atoms with Gasteiger partial charge >= 0.3 is 6.18 Å². The summed E-state index contributed by atoms with van der Waals surface area (Å²) in [5.74, 6) is -1.15. The molecule has 1 unspecified atom stereocenters. The van der Waals surface area contributed by atoms with Crippen molar-refractivity contribution in [1.82, 2.24) is 10.2 Å². The zero-order chi connectivity index (χ0) is 21.6. The highest BCUT2D eigenvalue weighted by Crippen LogP contribution is 2.41. The van der Waals surface area contributed by atoms with Crippen LogP contribution in [0.5, 0.6) is 0 Å². The van der Waals surface area contributed by atoms with Crippen molar-refractivity contribution in [3.63, 3.8) is 0 Å². The van der Waals surface area contributed by atoms with E-state index in [0.717, 1.165) is 43.8 Å². The first-order valence-electron chi connectivity index (χ1n) is 10.7. The van der Waals surface area contributed by atoms with E-state index >= 15 is 0 Å². The summed E-state index contributed by atoms with van der Waals surface area (Å²) in [4.78, 5) is 14.8. The van der Waals surface area contributed by atoms with Gasteiger partial charge in [-0.25, -0.2) is 0 Å². The van der Waals surface area contributed by atoms with E-state index in [1.807, 2.05) is 6.08 Å². The van der Waals surface area contributed by atoms with E-state index in [9.17, 15) is 18.0 Å². The van der Waals surface area contributed by atoms with E-state index < -0.39 is 17.7 Å². The van der Waals surface area contributed by atoms with E-state index in [0.29, 0.717) is 44.0 Å². The Bertz CT molecular complexity index is 701. The summed E-state index contributed by atoms with van der Waals surface area (Å²) in [5.41, 5.74) is -0.709. The van der Waals surface area contributed by atoms with Crippen LogP contribution >= 0.6 is 0 Å². The van der Waals surface area contributed by atoms with Crippen LogP contribution in [0.25, 0.3) is 0 Å². The number of amides is 1. The average molecular weight is 428 g/mol. The minimum Gasteiger partial charge on any atom is -0.379 e. The van der Waals surface area contributed by atoms with Gasteiger partial charge in [0.05, 0.1) is 19.8 Å². The summed E-state index contributed by atoms with van der Waals surface area (Å²) in [6, 6.07) is 0. The Morgan fingerprint density at radius 3 is 2.57 bits per heavy atom. The average Bonchev–Trinajstić information content (AvgIpc) is 2.74. The SMILES string of the molecule is C/C=C1\COC(C(=O)NCCN2CCOCC2)(C(F)(F)F)C=C1C=C1CCCCC1. The number of hydrogen-bond donors (Lipinski definition) is 1. The molecule has 3 aliphatic rings. The van der Waals surface area contributed by atoms with Crippen molar-refractivity contribution in [2.75, 3.05) is 46.0 Å². The highest BCUT2D eigenvalue weighted by Gasteiger charge is 2.61. The number of carbonyl (C=O) groups is 1. The second-order valence-electron chi connectivity index (χ2n) is 8.01. The molecule has 1 saturated carbocycles. The predicted octanol–water partition coefficient (Wildman–Crippen LogP) is 3.53. The molecule has 0 aromatic heterocycles. The summed E-state index contributed by atoms with van der Waals surface area (Å²) in [5, 5.41) is 2.45. The van der Waals surface area contributed by atoms with Gasteiger partial charge < -0.3 is 14.8 Å². The number of allylic oxidation sites excluding steroid dienone is 3. The number of alkyl halides is 3. The molecular formula is C22H31F3N2O3. The number of carbonyl (C=O) groups excluding carboxylic acids is 1. The van der Waals surface area contributed by atoms with Gasteiger partial charge in [-0.2, -0.15) is 13.2 Å². The van der Waals surface area contributed by atoms with Crippen LogP contribution < -0.4 is 5.32 Å². The molecule has 168 valence electrons. The molecule has 2 fully saturated rings. The minimum absolute atomic E-state index is 0.126. The van der Waals surface area contributed by atoms with E-state index in [2.05, 4.69) is 10.2 Å². The number of nitrogens with zero attached hydrogens (tertiary/aromatic N) is 1. The largest absolute Gasteiger partial charge is 0.430 e. The van der Waals surface area contributed by atoms with Crippen LogP contribution in [0.15, 0.2) is 34.9 Å². The topological polar surface area (TPSA) is 50.8 Å². The lowest BCUT2D eigenvalue weighted by atomic mass is 9.87. The molecule has 1 aliphatic carbocycles. The lowest BCUT2D eigenvalue weighted by Crippen LogP contribution is -2.59. The highest BCUT2D eigenvalue weighted by molar-refractivity contribution is 5.89. The quantitative estimate of drug-likeness (QED) is 0.728. The second kappa shape index (κ2) is 10.1. The molecule has 2 heterocycles. The Labute approximate surface area is 176 Å². The smallest absolute Gasteiger partial charge is 0.379 e. The third-order valence-corrected chi connectivity index (χ3v) is 5.96. The van der Waals surface area contributed by atoms with E-state index in [-0.39, 0.29) is 13.2 Å². The van der Waals surface area contributed by atoms with Crippen molar-refractivity contribution in [3.8, 4) is 0 Å². The summed E-state index contributed by atoms with van der Waals surface area (Å²) < 4.78 is 52.8. The molecule has 30 heavy (non-hydrogen) atoms. The van der Waals surface area contributed by atoms with Crippen molar-refractivity contribution in [1.29, 1.82) is 0 Å². The van der Waals surface area contributed by atoms with E-state index in [4.69, 9.17) is 9.47 Å². The molecule has 2 aliphatic heterocycles. The Balaban J connectivity index is 1.79. The number of morpholine rings is 1. The normalized spacial score (nSPS) is 27.7. The molecule has 0 aromatic rings. The first-order valence-corrected chi connectivity index (χ1v) is 10.7. The summed E-state index contributed by atoms with van der Waals surface area (Å²) in [6.07, 6.45) is 4.72. The van der Waals surface area contributed by atoms with Gasteiger partial charge in [0.15, 0.2) is 0 Å². The maximum absolute atomic E-state index is 14.1. The standard InChI is InChI=1S/C22H31F3N2O3/c1-2-18-16-30-21(22(23,24)25,15-19(18)14-17-6-4-3-5-7-17)20(28)26-8-9-27-10-12-29-13-11-27/h2,14-15H,3-13,16H2,1H3,(H,26,28)/b18-2+. The lowest BCUT2D eigenvalue weighted by Gasteiger charge is -2.36. The zero-order valence-corrected chi connectivity index (χ0v) is 17.5. The van der Waals surface area contributed by atoms with Crippen molar-refractivity contribution in [2.24, 2.45) is 0 Å². The molecule has 8 heteroatoms. The lowest BCUT2D eigenvalue weighted by molar-refractivity contribution is -0.249. The molecule has 0 spiro atoms. The summed E-state index contributed by atoms with van der Waals surface area (Å²) in [7, 11) is 0. The Hall–Kier alpha value is -1.64. The maximum atomic E-state index is 14.1. The molecule has 1 saturated heterocycles. The Morgan fingerprint density at radius 2 is 1.93 bits per heavy atom. The number of halogens is 3. The van der Waals surface area contributed by atoms with E-state index in [1.54, 1.807) is 13.0 Å². The molecule has 1 amide bonds. The van der Waals surface area contributed by atoms with Gasteiger partial charge in [-0.1, -0.05) is 24.1 Å². The predicted molar refractivity (Wildman–Crippen MR) is 108 cm³/mol. The fourth-order valence-corrected chi connectivity index (χ4v) is 4.09. The van der Waals surface area contributed by atoms with Gasteiger partial charge in [-0.3, -0.25) is 9.69 Å². The van der Waals surface area contributed by atoms with Crippen molar-refractivity contribution < 1.29 is 27.4 Å². The first-order chi connectivity index (χ1) is 14.4. The van der Waals surface area contributed by atoms with Gasteiger partial charge in [0.1, 0.15) is 0 Å². The van der Waals surface area contributed by atoms with E-state index in [1.165, 1.54) is 0 Å². The molecular weight excluding hydrogens is 397 g/mol. The number of ether oxygens (including phenoxy) is 2. The fraction of sp³-hybridized carbons (Fsp3) is 0.682. The van der Waals surface area contributed by atoms with Gasteiger partial charge in [0.2, 0.25) is 0 Å². The zero-order valence-electron chi connectivity index (χ0n) is 17.5. The van der Waals surface area contributed by atoms with Crippen LogP contribution in [0.3, 0.4) is 0 Å². The molecule has 3 rings (SSSR count). The van der Waals surface area contributed by atoms with Gasteiger partial charge in [-0.15, -0.1) is 0 Å². The van der Waals surface area contributed by atoms with Crippen molar-refractivity contribution in [3.05, 3.63) is 34.9 Å². The monoisotopic (exact) mass is 428 g/mol. The van der Waals surface area contributed by atoms with Crippen LogP contribution in [-0.2, 0) is 14.3 Å². The first kappa shape index (κ1) is 23.0. The number of rotatable bonds is 5. The van der Waals surface area contributed by atoms with Gasteiger partial charge in [-0.05, 0) is 49.8 Å². The third-order valence-electron chi connectivity index (χ3n) is 5.96. The van der Waals surface area contributed by atoms with Crippen molar-refractivity contribution in [2.45, 2.75) is 50.8 Å². The minimum atomic E-state index is -4.86. The molecule has 1 atom stereocenters.